The van der Waals surface area contributed by atoms with Crippen molar-refractivity contribution in [2.45, 2.75) is 44.7 Å². The molecule has 27 heavy (non-hydrogen) atoms. The topological polar surface area (TPSA) is 139 Å². The van der Waals surface area contributed by atoms with E-state index in [0.717, 1.165) is 5.56 Å². The lowest BCUT2D eigenvalue weighted by atomic mass is 9.83. The molecule has 12 heteroatoms. The minimum absolute atomic E-state index is 0. The van der Waals surface area contributed by atoms with Crippen LogP contribution < -0.4 is 11.1 Å². The number of tetrazole rings is 1. The summed E-state index contributed by atoms with van der Waals surface area (Å²) in [5.74, 6) is 0.195. The van der Waals surface area contributed by atoms with Crippen LogP contribution in [0.4, 0.5) is 0 Å². The molecule has 0 bridgehead atoms. The van der Waals surface area contributed by atoms with Crippen molar-refractivity contribution in [3.8, 4) is 0 Å². The second-order valence-corrected chi connectivity index (χ2v) is 6.41. The Morgan fingerprint density at radius 1 is 1.30 bits per heavy atom. The molecule has 0 unspecified atom stereocenters. The van der Waals surface area contributed by atoms with Gasteiger partial charge in [-0.05, 0) is 40.9 Å². The average Bonchev–Trinajstić information content (AvgIpc) is 3.06. The van der Waals surface area contributed by atoms with Crippen molar-refractivity contribution in [3.63, 3.8) is 0 Å². The van der Waals surface area contributed by atoms with Crippen molar-refractivity contribution in [2.24, 2.45) is 5.73 Å². The molecule has 0 saturated heterocycles. The number of unbranched alkanes of at least 4 members (excludes halogenated alkanes) is 1. The minimum atomic E-state index is -1.30. The monoisotopic (exact) mass is 416 g/mol. The van der Waals surface area contributed by atoms with E-state index in [0.29, 0.717) is 43.0 Å². The van der Waals surface area contributed by atoms with Crippen molar-refractivity contribution in [1.82, 2.24) is 25.5 Å². The lowest BCUT2D eigenvalue weighted by Gasteiger charge is -2.12. The first-order valence-corrected chi connectivity index (χ1v) is 8.72. The molecule has 0 aliphatic heterocycles. The smallest absolute Gasteiger partial charge is 0.427 e. The van der Waals surface area contributed by atoms with Crippen LogP contribution in [0.1, 0.15) is 36.7 Å². The van der Waals surface area contributed by atoms with Gasteiger partial charge in [-0.3, -0.25) is 4.79 Å². The maximum Gasteiger partial charge on any atom is 0.451 e. The Morgan fingerprint density at radius 2 is 2.00 bits per heavy atom. The number of rotatable bonds is 10. The summed E-state index contributed by atoms with van der Waals surface area (Å²) >= 11 is 5.83. The molecule has 2 rings (SSSR count). The summed E-state index contributed by atoms with van der Waals surface area (Å²) in [4.78, 5) is 12.1. The molecule has 0 fully saturated rings. The summed E-state index contributed by atoms with van der Waals surface area (Å²) in [6.07, 6.45) is 2.22. The van der Waals surface area contributed by atoms with Gasteiger partial charge in [0.25, 0.3) is 0 Å². The summed E-state index contributed by atoms with van der Waals surface area (Å²) in [7, 11) is -1.30. The Balaban J connectivity index is 0.00000364. The van der Waals surface area contributed by atoms with Crippen molar-refractivity contribution in [2.75, 3.05) is 0 Å². The van der Waals surface area contributed by atoms with Crippen LogP contribution in [-0.4, -0.2) is 43.3 Å². The highest BCUT2D eigenvalue weighted by Crippen LogP contribution is 2.15. The van der Waals surface area contributed by atoms with E-state index < -0.39 is 13.2 Å². The number of benzene rings is 1. The molecule has 0 aliphatic carbocycles. The molecule has 1 atom stereocenters. The molecule has 1 aromatic heterocycles. The first-order valence-electron chi connectivity index (χ1n) is 8.34. The molecule has 5 N–H and O–H groups in total. The molecule has 1 amide bonds. The number of hydrogen-bond donors (Lipinski definition) is 4. The normalized spacial score (nSPS) is 11.6. The fourth-order valence-corrected chi connectivity index (χ4v) is 2.53. The molecular weight excluding hydrogens is 394 g/mol. The third-order valence-corrected chi connectivity index (χ3v) is 4.07. The third-order valence-electron chi connectivity index (χ3n) is 3.82. The largest absolute Gasteiger partial charge is 0.451 e. The molecule has 0 spiro atoms. The van der Waals surface area contributed by atoms with Crippen molar-refractivity contribution >= 4 is 37.0 Å². The van der Waals surface area contributed by atoms with E-state index in [1.165, 1.54) is 4.68 Å². The number of hydrogen-bond acceptors (Lipinski definition) is 7. The summed E-state index contributed by atoms with van der Waals surface area (Å²) in [6.45, 7) is 0.349. The maximum atomic E-state index is 12.1. The molecule has 2 aromatic rings. The van der Waals surface area contributed by atoms with E-state index >= 15 is 0 Å². The molecule has 1 aromatic carbocycles. The average molecular weight is 417 g/mol. The first kappa shape index (κ1) is 23.3. The summed E-state index contributed by atoms with van der Waals surface area (Å²) in [6, 6.07) is 6.77. The number of carbonyl (C=O) groups is 1. The third kappa shape index (κ3) is 8.23. The Labute approximate surface area is 168 Å². The van der Waals surface area contributed by atoms with E-state index in [4.69, 9.17) is 27.4 Å². The fourth-order valence-electron chi connectivity index (χ4n) is 2.40. The van der Waals surface area contributed by atoms with Crippen LogP contribution >= 0.6 is 24.0 Å². The quantitative estimate of drug-likeness (QED) is 0.330. The highest BCUT2D eigenvalue weighted by molar-refractivity contribution is 6.40. The van der Waals surface area contributed by atoms with Crippen LogP contribution in [0.2, 0.25) is 11.3 Å². The predicted molar refractivity (Wildman–Crippen MR) is 104 cm³/mol. The maximum absolute atomic E-state index is 12.1. The van der Waals surface area contributed by atoms with Gasteiger partial charge >= 0.3 is 7.12 Å². The van der Waals surface area contributed by atoms with Gasteiger partial charge < -0.3 is 21.1 Å². The highest BCUT2D eigenvalue weighted by atomic mass is 35.5. The summed E-state index contributed by atoms with van der Waals surface area (Å²) < 4.78 is 1.38. The SMILES string of the molecule is Cl.N[C@H](CCCCB(O)O)c1nnnn1CC(=O)NCc1ccc(Cl)cc1. The fraction of sp³-hybridized carbons (Fsp3) is 0.467. The highest BCUT2D eigenvalue weighted by Gasteiger charge is 2.17. The van der Waals surface area contributed by atoms with Gasteiger partial charge in [0.2, 0.25) is 5.91 Å². The lowest BCUT2D eigenvalue weighted by Crippen LogP contribution is -2.29. The van der Waals surface area contributed by atoms with Gasteiger partial charge in [0.15, 0.2) is 5.82 Å². The van der Waals surface area contributed by atoms with Crippen LogP contribution in [-0.2, 0) is 17.9 Å². The number of nitrogens with zero attached hydrogens (tertiary/aromatic N) is 4. The van der Waals surface area contributed by atoms with Crippen LogP contribution in [0.5, 0.6) is 0 Å². The molecule has 9 nitrogen and oxygen atoms in total. The van der Waals surface area contributed by atoms with Gasteiger partial charge in [0, 0.05) is 11.6 Å². The first-order chi connectivity index (χ1) is 12.5. The molecule has 1 heterocycles. The van der Waals surface area contributed by atoms with Gasteiger partial charge in [0.05, 0.1) is 6.04 Å². The molecule has 148 valence electrons. The van der Waals surface area contributed by atoms with Crippen molar-refractivity contribution in [3.05, 3.63) is 40.7 Å². The minimum Gasteiger partial charge on any atom is -0.427 e. The molecular formula is C15H23BCl2N6O3. The van der Waals surface area contributed by atoms with Gasteiger partial charge in [-0.25, -0.2) is 4.68 Å². The van der Waals surface area contributed by atoms with Gasteiger partial charge in [-0.15, -0.1) is 17.5 Å². The number of aromatic nitrogens is 4. The van der Waals surface area contributed by atoms with Gasteiger partial charge in [0.1, 0.15) is 6.54 Å². The molecule has 0 aliphatic rings. The second-order valence-electron chi connectivity index (χ2n) is 5.97. The van der Waals surface area contributed by atoms with Gasteiger partial charge in [-0.1, -0.05) is 36.6 Å². The number of nitrogens with two attached hydrogens (primary N) is 1. The van der Waals surface area contributed by atoms with Gasteiger partial charge in [-0.2, -0.15) is 0 Å². The van der Waals surface area contributed by atoms with E-state index in [1.807, 2.05) is 12.1 Å². The van der Waals surface area contributed by atoms with E-state index in [-0.39, 0.29) is 24.9 Å². The molecule has 0 saturated carbocycles. The van der Waals surface area contributed by atoms with Crippen molar-refractivity contribution in [1.29, 1.82) is 0 Å². The zero-order valence-corrected chi connectivity index (χ0v) is 16.2. The standard InChI is InChI=1S/C15H22BClN6O3.ClH/c17-12-6-4-11(5-7-12)9-19-14(24)10-23-15(20-21-22-23)13(18)3-1-2-8-16(25)26;/h4-7,13,25-26H,1-3,8-10,18H2,(H,19,24);1H/t13-;/m1./s1. The Hall–Kier alpha value is -1.72. The predicted octanol–water partition coefficient (Wildman–Crippen LogP) is 0.708. The Kier molecular flexibility index (Phi) is 10.3. The lowest BCUT2D eigenvalue weighted by molar-refractivity contribution is -0.122. The number of halogens is 2. The Bertz CT molecular complexity index is 701. The van der Waals surface area contributed by atoms with Crippen LogP contribution in [0.15, 0.2) is 24.3 Å². The Morgan fingerprint density at radius 3 is 2.67 bits per heavy atom. The van der Waals surface area contributed by atoms with E-state index in [2.05, 4.69) is 20.8 Å². The van der Waals surface area contributed by atoms with E-state index in [1.54, 1.807) is 12.1 Å². The zero-order valence-electron chi connectivity index (χ0n) is 14.7. The van der Waals surface area contributed by atoms with Crippen LogP contribution in [0.3, 0.4) is 0 Å². The number of amides is 1. The zero-order chi connectivity index (χ0) is 18.9. The van der Waals surface area contributed by atoms with Crippen molar-refractivity contribution < 1.29 is 14.8 Å². The van der Waals surface area contributed by atoms with Crippen LogP contribution in [0, 0.1) is 0 Å². The summed E-state index contributed by atoms with van der Waals surface area (Å²) in [5, 5.41) is 32.4. The van der Waals surface area contributed by atoms with E-state index in [9.17, 15) is 4.79 Å². The number of nitrogens with one attached hydrogen (secondary N) is 1. The number of carbonyl (C=O) groups excluding carboxylic acids is 1. The van der Waals surface area contributed by atoms with Crippen LogP contribution in [0.25, 0.3) is 0 Å². The summed E-state index contributed by atoms with van der Waals surface area (Å²) in [5.41, 5.74) is 7.01. The second kappa shape index (κ2) is 11.9. The molecule has 0 radical (unpaired) electrons.